The third-order valence-electron chi connectivity index (χ3n) is 6.60. The lowest BCUT2D eigenvalue weighted by molar-refractivity contribution is -0.126. The molecule has 2 aliphatic heterocycles. The molecular weight excluding hydrogens is 454 g/mol. The molecule has 8 nitrogen and oxygen atoms in total. The van der Waals surface area contributed by atoms with Crippen molar-refractivity contribution in [1.82, 2.24) is 9.62 Å². The molecule has 4 rings (SSSR count). The maximum Gasteiger partial charge on any atom is 0.265 e. The Kier molecular flexibility index (Phi) is 6.95. The fourth-order valence-corrected chi connectivity index (χ4v) is 6.11. The predicted molar refractivity (Wildman–Crippen MR) is 129 cm³/mol. The SMILES string of the molecule is Cc1cc2c(cc1S(=O)(=O)N1CCC(C(=O)NCC(C)c3ccccc3)CC1)OC(C)C(=O)N2. The van der Waals surface area contributed by atoms with E-state index in [1.165, 1.54) is 15.9 Å². The third kappa shape index (κ3) is 4.95. The van der Waals surface area contributed by atoms with Gasteiger partial charge in [0.2, 0.25) is 15.9 Å². The number of carbonyl (C=O) groups is 2. The van der Waals surface area contributed by atoms with Gasteiger partial charge in [-0.3, -0.25) is 9.59 Å². The van der Waals surface area contributed by atoms with Crippen LogP contribution in [-0.4, -0.2) is 50.3 Å². The van der Waals surface area contributed by atoms with Gasteiger partial charge in [-0.2, -0.15) is 4.31 Å². The first kappa shape index (κ1) is 24.2. The van der Waals surface area contributed by atoms with Crippen LogP contribution in [0.3, 0.4) is 0 Å². The smallest absolute Gasteiger partial charge is 0.265 e. The van der Waals surface area contributed by atoms with Gasteiger partial charge >= 0.3 is 0 Å². The number of sulfonamides is 1. The molecule has 1 saturated heterocycles. The summed E-state index contributed by atoms with van der Waals surface area (Å²) in [5.74, 6) is 0.0489. The highest BCUT2D eigenvalue weighted by atomic mass is 32.2. The summed E-state index contributed by atoms with van der Waals surface area (Å²) in [6.07, 6.45) is 0.251. The van der Waals surface area contributed by atoms with Crippen molar-refractivity contribution in [2.24, 2.45) is 5.92 Å². The zero-order valence-corrected chi connectivity index (χ0v) is 20.5. The molecule has 2 aliphatic rings. The molecule has 0 radical (unpaired) electrons. The first-order valence-corrected chi connectivity index (χ1v) is 13.1. The number of carbonyl (C=O) groups excluding carboxylic acids is 2. The topological polar surface area (TPSA) is 105 Å². The Balaban J connectivity index is 1.37. The molecule has 0 spiro atoms. The fraction of sp³-hybridized carbons (Fsp3) is 0.440. The van der Waals surface area contributed by atoms with Crippen molar-refractivity contribution in [2.45, 2.75) is 50.5 Å². The van der Waals surface area contributed by atoms with E-state index < -0.39 is 16.1 Å². The Morgan fingerprint density at radius 1 is 1.21 bits per heavy atom. The zero-order valence-electron chi connectivity index (χ0n) is 19.7. The maximum atomic E-state index is 13.4. The second-order valence-electron chi connectivity index (χ2n) is 9.10. The van der Waals surface area contributed by atoms with Gasteiger partial charge in [-0.25, -0.2) is 8.42 Å². The summed E-state index contributed by atoms with van der Waals surface area (Å²) in [4.78, 5) is 24.7. The van der Waals surface area contributed by atoms with Gasteiger partial charge in [0.15, 0.2) is 6.10 Å². The van der Waals surface area contributed by atoms with Gasteiger partial charge < -0.3 is 15.4 Å². The number of hydrogen-bond donors (Lipinski definition) is 2. The fourth-order valence-electron chi connectivity index (χ4n) is 4.42. The minimum absolute atomic E-state index is 0.0251. The molecule has 0 aromatic heterocycles. The van der Waals surface area contributed by atoms with Crippen LogP contribution < -0.4 is 15.4 Å². The summed E-state index contributed by atoms with van der Waals surface area (Å²) in [6, 6.07) is 13.1. The summed E-state index contributed by atoms with van der Waals surface area (Å²) in [5.41, 5.74) is 2.17. The molecule has 2 N–H and O–H groups in total. The maximum absolute atomic E-state index is 13.4. The Morgan fingerprint density at radius 3 is 2.56 bits per heavy atom. The highest BCUT2D eigenvalue weighted by Crippen LogP contribution is 2.36. The van der Waals surface area contributed by atoms with Crippen LogP contribution in [0.1, 0.15) is 43.7 Å². The van der Waals surface area contributed by atoms with Crippen LogP contribution in [0.2, 0.25) is 0 Å². The van der Waals surface area contributed by atoms with Crippen molar-refractivity contribution in [3.05, 3.63) is 53.6 Å². The Morgan fingerprint density at radius 2 is 1.88 bits per heavy atom. The van der Waals surface area contributed by atoms with E-state index in [1.807, 2.05) is 30.3 Å². The number of hydrogen-bond acceptors (Lipinski definition) is 5. The Bertz CT molecular complexity index is 1170. The van der Waals surface area contributed by atoms with Crippen molar-refractivity contribution in [1.29, 1.82) is 0 Å². The highest BCUT2D eigenvalue weighted by Gasteiger charge is 2.34. The lowest BCUT2D eigenvalue weighted by atomic mass is 9.96. The highest BCUT2D eigenvalue weighted by molar-refractivity contribution is 7.89. The largest absolute Gasteiger partial charge is 0.479 e. The van der Waals surface area contributed by atoms with E-state index in [2.05, 4.69) is 17.6 Å². The average Bonchev–Trinajstić information content (AvgIpc) is 2.83. The van der Waals surface area contributed by atoms with Crippen LogP contribution in [0.25, 0.3) is 0 Å². The van der Waals surface area contributed by atoms with Crippen molar-refractivity contribution in [3.8, 4) is 5.75 Å². The monoisotopic (exact) mass is 485 g/mol. The molecule has 0 aliphatic carbocycles. The first-order chi connectivity index (χ1) is 16.2. The van der Waals surface area contributed by atoms with E-state index in [9.17, 15) is 18.0 Å². The molecule has 2 unspecified atom stereocenters. The molecule has 2 heterocycles. The number of anilines is 1. The van der Waals surface area contributed by atoms with Gasteiger partial charge in [0.05, 0.1) is 10.6 Å². The van der Waals surface area contributed by atoms with Gasteiger partial charge in [-0.15, -0.1) is 0 Å². The number of ether oxygens (including phenoxy) is 1. The van der Waals surface area contributed by atoms with Crippen LogP contribution in [0.4, 0.5) is 5.69 Å². The number of piperidine rings is 1. The van der Waals surface area contributed by atoms with Crippen molar-refractivity contribution >= 4 is 27.5 Å². The number of benzene rings is 2. The van der Waals surface area contributed by atoms with Crippen LogP contribution >= 0.6 is 0 Å². The van der Waals surface area contributed by atoms with Gasteiger partial charge in [-0.1, -0.05) is 37.3 Å². The van der Waals surface area contributed by atoms with E-state index >= 15 is 0 Å². The molecule has 2 atom stereocenters. The number of nitrogens with zero attached hydrogens (tertiary/aromatic N) is 1. The summed E-state index contributed by atoms with van der Waals surface area (Å²) < 4.78 is 33.8. The number of amides is 2. The predicted octanol–water partition coefficient (Wildman–Crippen LogP) is 3.04. The molecule has 1 fully saturated rings. The number of rotatable bonds is 6. The van der Waals surface area contributed by atoms with E-state index in [4.69, 9.17) is 4.74 Å². The second-order valence-corrected chi connectivity index (χ2v) is 11.0. The van der Waals surface area contributed by atoms with Gasteiger partial charge in [0, 0.05) is 31.6 Å². The van der Waals surface area contributed by atoms with Crippen LogP contribution in [0.15, 0.2) is 47.4 Å². The van der Waals surface area contributed by atoms with Gasteiger partial charge in [-0.05, 0) is 49.8 Å². The summed E-state index contributed by atoms with van der Waals surface area (Å²) in [5, 5.41) is 5.77. The standard InChI is InChI=1S/C25H31N3O5S/c1-16-13-21-22(33-18(3)24(29)27-21)14-23(16)34(31,32)28-11-9-20(10-12-28)25(30)26-15-17(2)19-7-5-4-6-8-19/h4-8,13-14,17-18,20H,9-12,15H2,1-3H3,(H,26,30)(H,27,29). The van der Waals surface area contributed by atoms with E-state index in [0.29, 0.717) is 36.4 Å². The lowest BCUT2D eigenvalue weighted by Crippen LogP contribution is -2.43. The molecule has 9 heteroatoms. The number of nitrogens with one attached hydrogen (secondary N) is 2. The first-order valence-electron chi connectivity index (χ1n) is 11.6. The summed E-state index contributed by atoms with van der Waals surface area (Å²) >= 11 is 0. The molecule has 2 aromatic carbocycles. The van der Waals surface area contributed by atoms with Gasteiger partial charge in [0.1, 0.15) is 5.75 Å². The normalized spacial score (nSPS) is 20.1. The molecule has 182 valence electrons. The molecule has 0 saturated carbocycles. The van der Waals surface area contributed by atoms with E-state index in [-0.39, 0.29) is 41.6 Å². The number of aryl methyl sites for hydroxylation is 1. The third-order valence-corrected chi connectivity index (χ3v) is 8.64. The summed E-state index contributed by atoms with van der Waals surface area (Å²) in [6.45, 7) is 6.48. The molecule has 34 heavy (non-hydrogen) atoms. The molecule has 0 bridgehead atoms. The summed E-state index contributed by atoms with van der Waals surface area (Å²) in [7, 11) is -3.76. The number of fused-ring (bicyclic) bond motifs is 1. The van der Waals surface area contributed by atoms with Crippen molar-refractivity contribution < 1.29 is 22.7 Å². The van der Waals surface area contributed by atoms with Crippen LogP contribution in [-0.2, 0) is 19.6 Å². The average molecular weight is 486 g/mol. The minimum Gasteiger partial charge on any atom is -0.479 e. The van der Waals surface area contributed by atoms with Crippen LogP contribution in [0.5, 0.6) is 5.75 Å². The Hall–Kier alpha value is -2.91. The Labute approximate surface area is 200 Å². The molecule has 2 aromatic rings. The minimum atomic E-state index is -3.76. The van der Waals surface area contributed by atoms with Crippen molar-refractivity contribution in [3.63, 3.8) is 0 Å². The quantitative estimate of drug-likeness (QED) is 0.654. The van der Waals surface area contributed by atoms with Crippen molar-refractivity contribution in [2.75, 3.05) is 25.0 Å². The molecular formula is C25H31N3O5S. The van der Waals surface area contributed by atoms with Crippen LogP contribution in [0, 0.1) is 12.8 Å². The zero-order chi connectivity index (χ0) is 24.5. The molecule has 2 amide bonds. The van der Waals surface area contributed by atoms with E-state index in [0.717, 1.165) is 0 Å². The van der Waals surface area contributed by atoms with Gasteiger partial charge in [0.25, 0.3) is 5.91 Å². The van der Waals surface area contributed by atoms with E-state index in [1.54, 1.807) is 19.9 Å². The lowest BCUT2D eigenvalue weighted by Gasteiger charge is -2.32. The second kappa shape index (κ2) is 9.76.